The molecule has 1 heterocycles. The van der Waals surface area contributed by atoms with Crippen LogP contribution in [0.4, 0.5) is 10.8 Å². The number of amides is 2. The molecule has 0 unspecified atom stereocenters. The quantitative estimate of drug-likeness (QED) is 0.328. The molecule has 2 aromatic carbocycles. The largest absolute Gasteiger partial charge is 0.325 e. The van der Waals surface area contributed by atoms with Gasteiger partial charge in [-0.25, -0.2) is 0 Å². The van der Waals surface area contributed by atoms with E-state index in [0.29, 0.717) is 25.9 Å². The lowest BCUT2D eigenvalue weighted by atomic mass is 10.2. The van der Waals surface area contributed by atoms with Crippen molar-refractivity contribution in [3.05, 3.63) is 64.7 Å². The Morgan fingerprint density at radius 3 is 2.57 bits per heavy atom. The standard InChI is InChI=1S/C20H19ClN4O2S3/c1-13-7-8-15(9-16(13)21)22-18(27)12-29-20-25-24-19(30-20)23-17(26)11-28-10-14-5-3-2-4-6-14/h2-9H,10-12H2,1H3,(H,22,27)(H,23,24,26). The summed E-state index contributed by atoms with van der Waals surface area (Å²) in [7, 11) is 0. The average molecular weight is 479 g/mol. The van der Waals surface area contributed by atoms with E-state index in [1.54, 1.807) is 12.1 Å². The average Bonchev–Trinajstić information content (AvgIpc) is 3.17. The maximum atomic E-state index is 12.1. The van der Waals surface area contributed by atoms with Gasteiger partial charge in [-0.15, -0.1) is 22.0 Å². The number of anilines is 2. The third kappa shape index (κ3) is 7.32. The highest BCUT2D eigenvalue weighted by molar-refractivity contribution is 8.01. The second-order valence-corrected chi connectivity index (χ2v) is 9.79. The predicted octanol–water partition coefficient (Wildman–Crippen LogP) is 5.10. The minimum atomic E-state index is -0.169. The molecular formula is C20H19ClN4O2S3. The van der Waals surface area contributed by atoms with E-state index in [-0.39, 0.29) is 17.6 Å². The van der Waals surface area contributed by atoms with Gasteiger partial charge in [0.05, 0.1) is 11.5 Å². The van der Waals surface area contributed by atoms with Crippen LogP contribution < -0.4 is 10.6 Å². The van der Waals surface area contributed by atoms with E-state index in [4.69, 9.17) is 11.6 Å². The molecule has 0 fully saturated rings. The summed E-state index contributed by atoms with van der Waals surface area (Å²) in [6.45, 7) is 1.90. The van der Waals surface area contributed by atoms with Crippen molar-refractivity contribution >= 4 is 69.1 Å². The summed E-state index contributed by atoms with van der Waals surface area (Å²) in [5.74, 6) is 0.988. The Bertz CT molecular complexity index is 1010. The fraction of sp³-hybridized carbons (Fsp3) is 0.200. The third-order valence-electron chi connectivity index (χ3n) is 3.78. The first-order chi connectivity index (χ1) is 14.5. The normalized spacial score (nSPS) is 10.6. The highest BCUT2D eigenvalue weighted by Gasteiger charge is 2.11. The maximum Gasteiger partial charge on any atom is 0.236 e. The fourth-order valence-electron chi connectivity index (χ4n) is 2.30. The number of carbonyl (C=O) groups excluding carboxylic acids is 2. The van der Waals surface area contributed by atoms with Gasteiger partial charge in [-0.05, 0) is 30.2 Å². The lowest BCUT2D eigenvalue weighted by Gasteiger charge is -2.06. The number of nitrogens with zero attached hydrogens (tertiary/aromatic N) is 2. The van der Waals surface area contributed by atoms with Gasteiger partial charge in [-0.1, -0.05) is 71.1 Å². The molecule has 0 saturated heterocycles. The maximum absolute atomic E-state index is 12.1. The van der Waals surface area contributed by atoms with Crippen LogP contribution in [0.2, 0.25) is 5.02 Å². The van der Waals surface area contributed by atoms with Crippen molar-refractivity contribution in [3.63, 3.8) is 0 Å². The molecule has 3 aromatic rings. The van der Waals surface area contributed by atoms with Gasteiger partial charge in [0.25, 0.3) is 0 Å². The van der Waals surface area contributed by atoms with Crippen molar-refractivity contribution in [1.29, 1.82) is 0 Å². The highest BCUT2D eigenvalue weighted by atomic mass is 35.5. The van der Waals surface area contributed by atoms with E-state index in [9.17, 15) is 9.59 Å². The van der Waals surface area contributed by atoms with E-state index in [2.05, 4.69) is 20.8 Å². The molecule has 30 heavy (non-hydrogen) atoms. The number of hydrogen-bond donors (Lipinski definition) is 2. The van der Waals surface area contributed by atoms with Crippen LogP contribution in [-0.4, -0.2) is 33.5 Å². The second kappa shape index (κ2) is 11.4. The molecule has 0 aliphatic heterocycles. The summed E-state index contributed by atoms with van der Waals surface area (Å²) in [6, 6.07) is 15.4. The van der Waals surface area contributed by atoms with Gasteiger partial charge in [0.1, 0.15) is 0 Å². The van der Waals surface area contributed by atoms with Crippen LogP contribution in [0.1, 0.15) is 11.1 Å². The lowest BCUT2D eigenvalue weighted by molar-refractivity contribution is -0.114. The topological polar surface area (TPSA) is 84.0 Å². The number of thioether (sulfide) groups is 2. The van der Waals surface area contributed by atoms with Crippen molar-refractivity contribution in [2.75, 3.05) is 22.1 Å². The van der Waals surface area contributed by atoms with Gasteiger partial charge in [0.15, 0.2) is 4.34 Å². The van der Waals surface area contributed by atoms with E-state index in [1.807, 2.05) is 43.3 Å². The number of nitrogens with one attached hydrogen (secondary N) is 2. The number of aromatic nitrogens is 2. The molecule has 0 saturated carbocycles. The molecule has 0 atom stereocenters. The summed E-state index contributed by atoms with van der Waals surface area (Å²) >= 11 is 10.1. The van der Waals surface area contributed by atoms with Crippen LogP contribution in [0, 0.1) is 6.92 Å². The molecule has 3 rings (SSSR count). The Balaban J connectivity index is 1.39. The van der Waals surface area contributed by atoms with Crippen LogP contribution >= 0.6 is 46.5 Å². The number of halogens is 1. The molecule has 6 nitrogen and oxygen atoms in total. The second-order valence-electron chi connectivity index (χ2n) is 6.20. The van der Waals surface area contributed by atoms with Gasteiger partial charge in [0.2, 0.25) is 16.9 Å². The Kier molecular flexibility index (Phi) is 8.56. The fourth-order valence-corrected chi connectivity index (χ4v) is 4.84. The summed E-state index contributed by atoms with van der Waals surface area (Å²) in [6.07, 6.45) is 0. The van der Waals surface area contributed by atoms with Gasteiger partial charge in [-0.3, -0.25) is 14.9 Å². The monoisotopic (exact) mass is 478 g/mol. The third-order valence-corrected chi connectivity index (χ3v) is 7.16. The zero-order valence-corrected chi connectivity index (χ0v) is 19.3. The Morgan fingerprint density at radius 2 is 1.80 bits per heavy atom. The van der Waals surface area contributed by atoms with Gasteiger partial charge in [0, 0.05) is 16.5 Å². The SMILES string of the molecule is Cc1ccc(NC(=O)CSc2nnc(NC(=O)CSCc3ccccc3)s2)cc1Cl. The summed E-state index contributed by atoms with van der Waals surface area (Å²) in [5.41, 5.74) is 2.77. The number of carbonyl (C=O) groups is 2. The first-order valence-electron chi connectivity index (χ1n) is 8.93. The molecule has 0 radical (unpaired) electrons. The van der Waals surface area contributed by atoms with Crippen molar-refractivity contribution in [2.45, 2.75) is 17.0 Å². The van der Waals surface area contributed by atoms with Gasteiger partial charge in [-0.2, -0.15) is 0 Å². The van der Waals surface area contributed by atoms with Crippen LogP contribution in [0.15, 0.2) is 52.9 Å². The number of rotatable bonds is 9. The summed E-state index contributed by atoms with van der Waals surface area (Å²) in [4.78, 5) is 24.2. The first kappa shape index (κ1) is 22.6. The Labute approximate surface area is 192 Å². The van der Waals surface area contributed by atoms with E-state index in [0.717, 1.165) is 11.3 Å². The number of aryl methyl sites for hydroxylation is 1. The minimum absolute atomic E-state index is 0.127. The van der Waals surface area contributed by atoms with Crippen LogP contribution in [-0.2, 0) is 15.3 Å². The van der Waals surface area contributed by atoms with Crippen LogP contribution in [0.5, 0.6) is 0 Å². The van der Waals surface area contributed by atoms with Crippen molar-refractivity contribution in [2.24, 2.45) is 0 Å². The van der Waals surface area contributed by atoms with E-state index < -0.39 is 0 Å². The smallest absolute Gasteiger partial charge is 0.236 e. The Morgan fingerprint density at radius 1 is 1.03 bits per heavy atom. The number of benzene rings is 2. The molecule has 0 aliphatic carbocycles. The Hall–Kier alpha value is -2.07. The molecule has 156 valence electrons. The highest BCUT2D eigenvalue weighted by Crippen LogP contribution is 2.26. The van der Waals surface area contributed by atoms with Crippen molar-refractivity contribution in [3.8, 4) is 0 Å². The molecule has 2 N–H and O–H groups in total. The van der Waals surface area contributed by atoms with Crippen molar-refractivity contribution in [1.82, 2.24) is 10.2 Å². The molecular weight excluding hydrogens is 460 g/mol. The molecule has 10 heteroatoms. The van der Waals surface area contributed by atoms with E-state index >= 15 is 0 Å². The number of hydrogen-bond acceptors (Lipinski definition) is 7. The molecule has 0 bridgehead atoms. The molecule has 1 aromatic heterocycles. The minimum Gasteiger partial charge on any atom is -0.325 e. The first-order valence-corrected chi connectivity index (χ1v) is 12.3. The predicted molar refractivity (Wildman–Crippen MR) is 127 cm³/mol. The van der Waals surface area contributed by atoms with Gasteiger partial charge >= 0.3 is 0 Å². The van der Waals surface area contributed by atoms with E-state index in [1.165, 1.54) is 40.4 Å². The molecule has 0 spiro atoms. The van der Waals surface area contributed by atoms with Gasteiger partial charge < -0.3 is 5.32 Å². The van der Waals surface area contributed by atoms with Crippen molar-refractivity contribution < 1.29 is 9.59 Å². The zero-order valence-electron chi connectivity index (χ0n) is 16.1. The summed E-state index contributed by atoms with van der Waals surface area (Å²) < 4.78 is 0.610. The lowest BCUT2D eigenvalue weighted by Crippen LogP contribution is -2.14. The van der Waals surface area contributed by atoms with Crippen LogP contribution in [0.3, 0.4) is 0 Å². The molecule has 0 aliphatic rings. The molecule has 2 amide bonds. The summed E-state index contributed by atoms with van der Waals surface area (Å²) in [5, 5.41) is 14.5. The van der Waals surface area contributed by atoms with Crippen LogP contribution in [0.25, 0.3) is 0 Å². The zero-order chi connectivity index (χ0) is 21.3.